The van der Waals surface area contributed by atoms with Crippen LogP contribution in [0.2, 0.25) is 0 Å². The fourth-order valence-electron chi connectivity index (χ4n) is 3.65. The molecule has 0 saturated heterocycles. The number of benzene rings is 3. The number of rotatable bonds is 6. The van der Waals surface area contributed by atoms with Crippen molar-refractivity contribution in [3.63, 3.8) is 0 Å². The molecule has 1 atom stereocenters. The maximum Gasteiger partial charge on any atom is 0.256 e. The molecule has 0 saturated carbocycles. The maximum atomic E-state index is 13.7. The van der Waals surface area contributed by atoms with Crippen LogP contribution in [0.15, 0.2) is 84.9 Å². The third kappa shape index (κ3) is 3.77. The monoisotopic (exact) mass is 402 g/mol. The standard InChI is InChI=1S/C26H24N2O2/c1-3-21(18-12-6-4-7-13-18)28-26(29)23-20-16-10-11-17-22(20)27-24(25(23)30-2)19-14-8-5-9-15-19/h4-17,21H,3H2,1-2H3,(H,28,29)/t21-/m0/s1/i2T3. The number of para-hydroxylation sites is 1. The molecule has 1 N–H and O–H groups in total. The van der Waals surface area contributed by atoms with Crippen molar-refractivity contribution in [1.29, 1.82) is 0 Å². The highest BCUT2D eigenvalue weighted by molar-refractivity contribution is 6.10. The van der Waals surface area contributed by atoms with Crippen LogP contribution in [0.25, 0.3) is 22.2 Å². The molecule has 3 aromatic carbocycles. The van der Waals surface area contributed by atoms with Crippen LogP contribution in [0.4, 0.5) is 0 Å². The Hall–Kier alpha value is -3.66. The van der Waals surface area contributed by atoms with Crippen LogP contribution in [0.3, 0.4) is 0 Å². The molecular formula is C26H24N2O2. The van der Waals surface area contributed by atoms with Crippen molar-refractivity contribution >= 4 is 16.8 Å². The number of carbonyl (C=O) groups is 1. The van der Waals surface area contributed by atoms with E-state index in [2.05, 4.69) is 10.3 Å². The quantitative estimate of drug-likeness (QED) is 0.444. The van der Waals surface area contributed by atoms with Crippen molar-refractivity contribution in [2.24, 2.45) is 0 Å². The normalized spacial score (nSPS) is 13.7. The smallest absolute Gasteiger partial charge is 0.256 e. The molecule has 1 amide bonds. The fourth-order valence-corrected chi connectivity index (χ4v) is 3.65. The van der Waals surface area contributed by atoms with Crippen molar-refractivity contribution < 1.29 is 13.6 Å². The van der Waals surface area contributed by atoms with Gasteiger partial charge in [0, 0.05) is 10.9 Å². The first-order chi connectivity index (χ1) is 15.9. The molecule has 0 aliphatic heterocycles. The van der Waals surface area contributed by atoms with Crippen LogP contribution in [-0.2, 0) is 0 Å². The first-order valence-electron chi connectivity index (χ1n) is 11.4. The van der Waals surface area contributed by atoms with E-state index >= 15 is 0 Å². The van der Waals surface area contributed by atoms with Gasteiger partial charge >= 0.3 is 0 Å². The highest BCUT2D eigenvalue weighted by atomic mass is 16.5. The van der Waals surface area contributed by atoms with E-state index in [1.54, 1.807) is 18.2 Å². The number of ether oxygens (including phenoxy) is 1. The van der Waals surface area contributed by atoms with E-state index in [1.807, 2.05) is 73.7 Å². The molecule has 4 heteroatoms. The van der Waals surface area contributed by atoms with Gasteiger partial charge in [0.25, 0.3) is 5.91 Å². The van der Waals surface area contributed by atoms with Gasteiger partial charge in [0.15, 0.2) is 5.75 Å². The second-order valence-corrected chi connectivity index (χ2v) is 6.99. The summed E-state index contributed by atoms with van der Waals surface area (Å²) in [6, 6.07) is 25.7. The van der Waals surface area contributed by atoms with Crippen LogP contribution < -0.4 is 10.1 Å². The summed E-state index contributed by atoms with van der Waals surface area (Å²) in [7, 11) is -2.76. The zero-order valence-electron chi connectivity index (χ0n) is 19.6. The summed E-state index contributed by atoms with van der Waals surface area (Å²) in [4.78, 5) is 18.4. The Morgan fingerprint density at radius 2 is 1.67 bits per heavy atom. The topological polar surface area (TPSA) is 51.2 Å². The fraction of sp³-hybridized carbons (Fsp3) is 0.154. The summed E-state index contributed by atoms with van der Waals surface area (Å²) >= 11 is 0. The number of hydrogen-bond donors (Lipinski definition) is 1. The Morgan fingerprint density at radius 1 is 1.00 bits per heavy atom. The average molecular weight is 403 g/mol. The minimum Gasteiger partial charge on any atom is -0.494 e. The van der Waals surface area contributed by atoms with Gasteiger partial charge in [0.05, 0.1) is 28.3 Å². The predicted molar refractivity (Wildman–Crippen MR) is 121 cm³/mol. The lowest BCUT2D eigenvalue weighted by Crippen LogP contribution is -2.29. The second-order valence-electron chi connectivity index (χ2n) is 6.99. The zero-order valence-corrected chi connectivity index (χ0v) is 16.6. The molecule has 150 valence electrons. The molecule has 0 aliphatic rings. The highest BCUT2D eigenvalue weighted by Gasteiger charge is 2.24. The molecule has 0 radical (unpaired) electrons. The third-order valence-corrected chi connectivity index (χ3v) is 5.14. The first kappa shape index (κ1) is 16.2. The molecule has 4 aromatic rings. The Bertz CT molecular complexity index is 1260. The molecule has 30 heavy (non-hydrogen) atoms. The van der Waals surface area contributed by atoms with Gasteiger partial charge in [-0.15, -0.1) is 0 Å². The molecule has 0 spiro atoms. The van der Waals surface area contributed by atoms with Crippen LogP contribution >= 0.6 is 0 Å². The van der Waals surface area contributed by atoms with Crippen molar-refractivity contribution in [3.8, 4) is 17.0 Å². The Morgan fingerprint density at radius 3 is 2.37 bits per heavy atom. The number of hydrogen-bond acceptors (Lipinski definition) is 3. The molecule has 0 aliphatic carbocycles. The van der Waals surface area contributed by atoms with Gasteiger partial charge in [-0.25, -0.2) is 4.98 Å². The number of pyridine rings is 1. The molecule has 1 heterocycles. The molecule has 0 fully saturated rings. The van der Waals surface area contributed by atoms with E-state index < -0.39 is 12.9 Å². The lowest BCUT2D eigenvalue weighted by Gasteiger charge is -2.20. The molecular weight excluding hydrogens is 372 g/mol. The largest absolute Gasteiger partial charge is 0.494 e. The molecule has 4 nitrogen and oxygen atoms in total. The minimum atomic E-state index is -2.76. The van der Waals surface area contributed by atoms with Crippen LogP contribution in [-0.4, -0.2) is 17.9 Å². The summed E-state index contributed by atoms with van der Waals surface area (Å²) < 4.78 is 28.7. The van der Waals surface area contributed by atoms with Gasteiger partial charge in [0.2, 0.25) is 0 Å². The lowest BCUT2D eigenvalue weighted by atomic mass is 10.00. The lowest BCUT2D eigenvalue weighted by molar-refractivity contribution is 0.0934. The van der Waals surface area contributed by atoms with Crippen molar-refractivity contribution in [2.75, 3.05) is 7.04 Å². The third-order valence-electron chi connectivity index (χ3n) is 5.14. The second kappa shape index (κ2) is 8.78. The summed E-state index contributed by atoms with van der Waals surface area (Å²) in [5.74, 6) is -0.471. The number of carbonyl (C=O) groups excluding carboxylic acids is 1. The number of nitrogens with one attached hydrogen (secondary N) is 1. The predicted octanol–water partition coefficient (Wildman–Crippen LogP) is 5.79. The Labute approximate surface area is 180 Å². The van der Waals surface area contributed by atoms with E-state index in [0.29, 0.717) is 28.6 Å². The van der Waals surface area contributed by atoms with Crippen LogP contribution in [0, 0.1) is 0 Å². The minimum absolute atomic E-state index is 0.0553. The van der Waals surface area contributed by atoms with Crippen molar-refractivity contribution in [3.05, 3.63) is 96.1 Å². The van der Waals surface area contributed by atoms with Gasteiger partial charge in [-0.2, -0.15) is 0 Å². The van der Waals surface area contributed by atoms with Gasteiger partial charge in [-0.3, -0.25) is 4.79 Å². The van der Waals surface area contributed by atoms with Gasteiger partial charge in [0.1, 0.15) is 5.69 Å². The Kier molecular flexibility index (Phi) is 4.74. The summed E-state index contributed by atoms with van der Waals surface area (Å²) in [6.07, 6.45) is 0.666. The number of amides is 1. The SMILES string of the molecule is [3H]C([3H])([3H])Oc1c(-c2ccccc2)nc2ccccc2c1C(=O)N[C@@H](CC)c1ccccc1. The summed E-state index contributed by atoms with van der Waals surface area (Å²) in [5.41, 5.74) is 2.67. The molecule has 4 rings (SSSR count). The maximum absolute atomic E-state index is 13.7. The molecule has 0 bridgehead atoms. The van der Waals surface area contributed by atoms with Crippen LogP contribution in [0.1, 0.15) is 39.4 Å². The van der Waals surface area contributed by atoms with E-state index in [-0.39, 0.29) is 17.4 Å². The van der Waals surface area contributed by atoms with E-state index in [4.69, 9.17) is 8.85 Å². The number of methoxy groups -OCH3 is 1. The average Bonchev–Trinajstić information content (AvgIpc) is 2.82. The molecule has 0 unspecified atom stereocenters. The highest BCUT2D eigenvalue weighted by Crippen LogP contribution is 2.36. The number of nitrogens with zero attached hydrogens (tertiary/aromatic N) is 1. The van der Waals surface area contributed by atoms with Crippen molar-refractivity contribution in [1.82, 2.24) is 10.3 Å². The van der Waals surface area contributed by atoms with Crippen LogP contribution in [0.5, 0.6) is 5.75 Å². The zero-order chi connectivity index (χ0) is 23.4. The summed E-state index contributed by atoms with van der Waals surface area (Å²) in [6.45, 7) is 1.98. The number of fused-ring (bicyclic) bond motifs is 1. The van der Waals surface area contributed by atoms with Gasteiger partial charge in [-0.1, -0.05) is 85.8 Å². The number of aromatic nitrogens is 1. The van der Waals surface area contributed by atoms with Gasteiger partial charge < -0.3 is 10.1 Å². The van der Waals surface area contributed by atoms with E-state index in [9.17, 15) is 4.79 Å². The van der Waals surface area contributed by atoms with Crippen molar-refractivity contribution in [2.45, 2.75) is 19.4 Å². The van der Waals surface area contributed by atoms with E-state index in [1.165, 1.54) is 0 Å². The molecule has 1 aromatic heterocycles. The Balaban J connectivity index is 1.91. The van der Waals surface area contributed by atoms with Gasteiger partial charge in [-0.05, 0) is 18.1 Å². The summed E-state index contributed by atoms with van der Waals surface area (Å²) in [5, 5.41) is 3.59. The first-order valence-corrected chi connectivity index (χ1v) is 9.90. The van der Waals surface area contributed by atoms with E-state index in [0.717, 1.165) is 5.56 Å².